The van der Waals surface area contributed by atoms with Gasteiger partial charge in [0.2, 0.25) is 0 Å². The van der Waals surface area contributed by atoms with E-state index in [0.29, 0.717) is 16.0 Å². The number of carbonyl (C=O) groups excluding carboxylic acids is 2. The monoisotopic (exact) mass is 485 g/mol. The van der Waals surface area contributed by atoms with Crippen LogP contribution in [-0.4, -0.2) is 34.9 Å². The molecule has 0 unspecified atom stereocenters. The zero-order valence-electron chi connectivity index (χ0n) is 18.1. The van der Waals surface area contributed by atoms with E-state index in [9.17, 15) is 29.8 Å². The summed E-state index contributed by atoms with van der Waals surface area (Å²) in [6.45, 7) is 2.95. The standard InChI is InChI=1S/C22H19N3O8S/c1-3-32-22(27)20-19(14-8-10-15(11-9-14)24(28)29)13(2)34-21(20)23-18(26)12-33-17-7-5-4-6-16(17)25(30)31/h4-11H,3,12H2,1-2H3,(H,23,26). The van der Waals surface area contributed by atoms with Gasteiger partial charge in [-0.05, 0) is 37.6 Å². The molecule has 0 aliphatic carbocycles. The molecule has 0 aliphatic rings. The quantitative estimate of drug-likeness (QED) is 0.259. The number of benzene rings is 2. The van der Waals surface area contributed by atoms with E-state index < -0.39 is 28.3 Å². The molecule has 34 heavy (non-hydrogen) atoms. The Morgan fingerprint density at radius 2 is 1.71 bits per heavy atom. The summed E-state index contributed by atoms with van der Waals surface area (Å²) < 4.78 is 10.5. The summed E-state index contributed by atoms with van der Waals surface area (Å²) in [5.74, 6) is -1.38. The lowest BCUT2D eigenvalue weighted by Crippen LogP contribution is -2.21. The Morgan fingerprint density at radius 1 is 1.03 bits per heavy atom. The maximum absolute atomic E-state index is 12.7. The lowest BCUT2D eigenvalue weighted by atomic mass is 10.0. The van der Waals surface area contributed by atoms with Crippen molar-refractivity contribution in [3.05, 3.63) is 79.2 Å². The van der Waals surface area contributed by atoms with E-state index in [2.05, 4.69) is 5.32 Å². The largest absolute Gasteiger partial charge is 0.477 e. The van der Waals surface area contributed by atoms with E-state index >= 15 is 0 Å². The molecule has 0 saturated heterocycles. The van der Waals surface area contributed by atoms with Crippen LogP contribution in [0.15, 0.2) is 48.5 Å². The van der Waals surface area contributed by atoms with Crippen LogP contribution in [0.3, 0.4) is 0 Å². The number of para-hydroxylation sites is 2. The summed E-state index contributed by atoms with van der Waals surface area (Å²) in [5.41, 5.74) is 0.745. The highest BCUT2D eigenvalue weighted by Crippen LogP contribution is 2.41. The molecule has 0 radical (unpaired) electrons. The van der Waals surface area contributed by atoms with Crippen molar-refractivity contribution in [2.24, 2.45) is 0 Å². The highest BCUT2D eigenvalue weighted by atomic mass is 32.1. The van der Waals surface area contributed by atoms with E-state index in [-0.39, 0.29) is 34.3 Å². The average Bonchev–Trinajstić information content (AvgIpc) is 3.13. The molecule has 0 aliphatic heterocycles. The Kier molecular flexibility index (Phi) is 7.53. The highest BCUT2D eigenvalue weighted by molar-refractivity contribution is 7.17. The summed E-state index contributed by atoms with van der Waals surface area (Å²) >= 11 is 1.13. The van der Waals surface area contributed by atoms with Gasteiger partial charge in [0.25, 0.3) is 11.6 Å². The number of hydrogen-bond acceptors (Lipinski definition) is 9. The van der Waals surface area contributed by atoms with Crippen LogP contribution < -0.4 is 10.1 Å². The molecule has 12 heteroatoms. The van der Waals surface area contributed by atoms with Crippen molar-refractivity contribution in [1.82, 2.24) is 0 Å². The summed E-state index contributed by atoms with van der Waals surface area (Å²) in [6.07, 6.45) is 0. The number of ether oxygens (including phenoxy) is 2. The van der Waals surface area contributed by atoms with Crippen LogP contribution in [-0.2, 0) is 9.53 Å². The van der Waals surface area contributed by atoms with Gasteiger partial charge in [0.15, 0.2) is 12.4 Å². The summed E-state index contributed by atoms with van der Waals surface area (Å²) in [4.78, 5) is 46.9. The Morgan fingerprint density at radius 3 is 2.32 bits per heavy atom. The number of nitro groups is 2. The zero-order chi connectivity index (χ0) is 24.8. The molecule has 3 aromatic rings. The molecule has 3 rings (SSSR count). The number of nitrogens with zero attached hydrogens (tertiary/aromatic N) is 2. The number of aryl methyl sites for hydroxylation is 1. The van der Waals surface area contributed by atoms with Gasteiger partial charge in [-0.15, -0.1) is 11.3 Å². The third kappa shape index (κ3) is 5.35. The second-order valence-electron chi connectivity index (χ2n) is 6.82. The van der Waals surface area contributed by atoms with E-state index in [0.717, 1.165) is 11.3 Å². The van der Waals surface area contributed by atoms with Crippen LogP contribution >= 0.6 is 11.3 Å². The number of nitrogens with one attached hydrogen (secondary N) is 1. The van der Waals surface area contributed by atoms with Crippen LogP contribution in [0.5, 0.6) is 5.75 Å². The van der Waals surface area contributed by atoms with Crippen molar-refractivity contribution >= 4 is 39.6 Å². The van der Waals surface area contributed by atoms with Gasteiger partial charge in [0.1, 0.15) is 10.6 Å². The van der Waals surface area contributed by atoms with Crippen molar-refractivity contribution in [3.63, 3.8) is 0 Å². The summed E-state index contributed by atoms with van der Waals surface area (Å²) in [7, 11) is 0. The first-order chi connectivity index (χ1) is 16.2. The first kappa shape index (κ1) is 24.3. The summed E-state index contributed by atoms with van der Waals surface area (Å²) in [5, 5.41) is 24.9. The SMILES string of the molecule is CCOC(=O)c1c(NC(=O)COc2ccccc2[N+](=O)[O-])sc(C)c1-c1ccc([N+](=O)[O-])cc1. The Balaban J connectivity index is 1.88. The molecule has 0 atom stereocenters. The van der Waals surface area contributed by atoms with Crippen LogP contribution in [0, 0.1) is 27.2 Å². The van der Waals surface area contributed by atoms with Gasteiger partial charge >= 0.3 is 11.7 Å². The fourth-order valence-corrected chi connectivity index (χ4v) is 4.24. The molecule has 0 bridgehead atoms. The number of rotatable bonds is 9. The van der Waals surface area contributed by atoms with Gasteiger partial charge in [-0.25, -0.2) is 4.79 Å². The van der Waals surface area contributed by atoms with Gasteiger partial charge in [-0.3, -0.25) is 25.0 Å². The van der Waals surface area contributed by atoms with Crippen molar-refractivity contribution in [2.45, 2.75) is 13.8 Å². The molecule has 1 heterocycles. The van der Waals surface area contributed by atoms with Gasteiger partial charge in [0.05, 0.1) is 16.5 Å². The third-order valence-corrected chi connectivity index (χ3v) is 5.62. The predicted octanol–water partition coefficient (Wildman–Crippen LogP) is 4.73. The molecular weight excluding hydrogens is 466 g/mol. The molecule has 2 aromatic carbocycles. The number of nitro benzene ring substituents is 2. The second kappa shape index (κ2) is 10.5. The van der Waals surface area contributed by atoms with Crippen LogP contribution in [0.1, 0.15) is 22.2 Å². The lowest BCUT2D eigenvalue weighted by molar-refractivity contribution is -0.385. The van der Waals surface area contributed by atoms with Crippen molar-refractivity contribution in [1.29, 1.82) is 0 Å². The Bertz CT molecular complexity index is 1250. The smallest absolute Gasteiger partial charge is 0.341 e. The molecule has 176 valence electrons. The number of non-ortho nitro benzene ring substituents is 1. The zero-order valence-corrected chi connectivity index (χ0v) is 18.9. The first-order valence-corrected chi connectivity index (χ1v) is 10.8. The molecule has 0 fully saturated rings. The summed E-state index contributed by atoms with van der Waals surface area (Å²) in [6, 6.07) is 11.3. The number of carbonyl (C=O) groups is 2. The number of amides is 1. The second-order valence-corrected chi connectivity index (χ2v) is 8.05. The van der Waals surface area contributed by atoms with E-state index in [4.69, 9.17) is 9.47 Å². The van der Waals surface area contributed by atoms with E-state index in [1.807, 2.05) is 0 Å². The van der Waals surface area contributed by atoms with Crippen molar-refractivity contribution in [3.8, 4) is 16.9 Å². The van der Waals surface area contributed by atoms with Gasteiger partial charge in [-0.2, -0.15) is 0 Å². The third-order valence-electron chi connectivity index (χ3n) is 4.60. The molecule has 1 amide bonds. The fraction of sp³-hybridized carbons (Fsp3) is 0.182. The maximum Gasteiger partial charge on any atom is 0.341 e. The Hall–Kier alpha value is -4.32. The topological polar surface area (TPSA) is 151 Å². The number of esters is 1. The minimum Gasteiger partial charge on any atom is -0.477 e. The molecule has 0 saturated carbocycles. The minimum atomic E-state index is -0.671. The predicted molar refractivity (Wildman–Crippen MR) is 124 cm³/mol. The van der Waals surface area contributed by atoms with Gasteiger partial charge in [0, 0.05) is 28.6 Å². The minimum absolute atomic E-state index is 0.0674. The van der Waals surface area contributed by atoms with Crippen molar-refractivity contribution < 1.29 is 28.9 Å². The van der Waals surface area contributed by atoms with Crippen LogP contribution in [0.25, 0.3) is 11.1 Å². The van der Waals surface area contributed by atoms with Crippen molar-refractivity contribution in [2.75, 3.05) is 18.5 Å². The number of hydrogen-bond donors (Lipinski definition) is 1. The molecule has 1 aromatic heterocycles. The van der Waals surface area contributed by atoms with Gasteiger partial charge in [-0.1, -0.05) is 12.1 Å². The molecule has 11 nitrogen and oxygen atoms in total. The maximum atomic E-state index is 12.7. The molecule has 1 N–H and O–H groups in total. The number of thiophene rings is 1. The average molecular weight is 485 g/mol. The van der Waals surface area contributed by atoms with Gasteiger partial charge < -0.3 is 14.8 Å². The van der Waals surface area contributed by atoms with Crippen LogP contribution in [0.4, 0.5) is 16.4 Å². The van der Waals surface area contributed by atoms with Crippen LogP contribution in [0.2, 0.25) is 0 Å². The highest BCUT2D eigenvalue weighted by Gasteiger charge is 2.26. The molecule has 0 spiro atoms. The van der Waals surface area contributed by atoms with E-state index in [1.165, 1.54) is 48.5 Å². The lowest BCUT2D eigenvalue weighted by Gasteiger charge is -2.10. The normalized spacial score (nSPS) is 10.4. The first-order valence-electron chi connectivity index (χ1n) is 9.94. The molecular formula is C22H19N3O8S. The number of anilines is 1. The Labute approximate surface area is 197 Å². The fourth-order valence-electron chi connectivity index (χ4n) is 3.16. The van der Waals surface area contributed by atoms with E-state index in [1.54, 1.807) is 13.8 Å².